The number of carbonyl (C=O) groups excluding carboxylic acids is 1. The summed E-state index contributed by atoms with van der Waals surface area (Å²) in [6.07, 6.45) is -5.05. The van der Waals surface area contributed by atoms with Crippen molar-refractivity contribution in [3.8, 4) is 0 Å². The number of aliphatic hydroxyl groups is 1. The number of alkyl halides is 5. The van der Waals surface area contributed by atoms with Crippen molar-refractivity contribution in [1.82, 2.24) is 4.90 Å². The summed E-state index contributed by atoms with van der Waals surface area (Å²) < 4.78 is 36.6. The van der Waals surface area contributed by atoms with Crippen LogP contribution in [0, 0.1) is 5.41 Å². The minimum absolute atomic E-state index is 0.145. The lowest BCUT2D eigenvalue weighted by atomic mass is 10.0. The number of nitrogens with zero attached hydrogens (tertiary/aromatic N) is 1. The van der Waals surface area contributed by atoms with Crippen molar-refractivity contribution < 1.29 is 23.1 Å². The van der Waals surface area contributed by atoms with Crippen LogP contribution in [-0.2, 0) is 4.79 Å². The van der Waals surface area contributed by atoms with Crippen LogP contribution in [0.4, 0.5) is 13.2 Å². The molecule has 104 valence electrons. The molecule has 1 aliphatic carbocycles. The summed E-state index contributed by atoms with van der Waals surface area (Å²) in [7, 11) is 0. The van der Waals surface area contributed by atoms with Crippen molar-refractivity contribution in [2.75, 3.05) is 13.1 Å². The number of halogens is 5. The van der Waals surface area contributed by atoms with Crippen molar-refractivity contribution in [3.05, 3.63) is 0 Å². The van der Waals surface area contributed by atoms with E-state index >= 15 is 0 Å². The molecule has 2 aliphatic rings. The molecule has 1 aliphatic heterocycles. The van der Waals surface area contributed by atoms with Crippen LogP contribution < -0.4 is 0 Å². The highest BCUT2D eigenvalue weighted by Crippen LogP contribution is 2.64. The zero-order chi connectivity index (χ0) is 14.0. The number of hydrogen-bond donors (Lipinski definition) is 1. The second-order valence-electron chi connectivity index (χ2n) is 5.22. The number of β-amino-alcohol motifs (C(OH)–C–C–N with tert-alkyl or cyclic N) is 1. The van der Waals surface area contributed by atoms with Gasteiger partial charge in [0.2, 0.25) is 5.91 Å². The smallest absolute Gasteiger partial charge is 0.379 e. The van der Waals surface area contributed by atoms with E-state index in [1.54, 1.807) is 0 Å². The Morgan fingerprint density at radius 1 is 1.39 bits per heavy atom. The monoisotopic (exact) mass is 305 g/mol. The first kappa shape index (κ1) is 14.2. The number of likely N-dealkylation sites (tertiary alicyclic amines) is 1. The van der Waals surface area contributed by atoms with Gasteiger partial charge in [0.05, 0.1) is 12.0 Å². The molecule has 0 aromatic carbocycles. The maximum Gasteiger partial charge on any atom is 0.419 e. The molecule has 0 aromatic heterocycles. The highest BCUT2D eigenvalue weighted by atomic mass is 35.5. The van der Waals surface area contributed by atoms with Gasteiger partial charge in [0, 0.05) is 13.0 Å². The molecule has 3 nitrogen and oxygen atoms in total. The highest BCUT2D eigenvalue weighted by Gasteiger charge is 2.70. The zero-order valence-corrected chi connectivity index (χ0v) is 11.0. The molecule has 0 bridgehead atoms. The second kappa shape index (κ2) is 3.67. The topological polar surface area (TPSA) is 40.5 Å². The molecule has 0 aromatic rings. The van der Waals surface area contributed by atoms with Crippen LogP contribution >= 0.6 is 23.2 Å². The van der Waals surface area contributed by atoms with Gasteiger partial charge in [0.15, 0.2) is 5.60 Å². The predicted molar refractivity (Wildman–Crippen MR) is 59.4 cm³/mol. The molecule has 0 unspecified atom stereocenters. The quantitative estimate of drug-likeness (QED) is 0.754. The molecular formula is C10H12Cl2F3NO2. The molecule has 2 fully saturated rings. The fourth-order valence-electron chi connectivity index (χ4n) is 2.18. The fourth-order valence-corrected chi connectivity index (χ4v) is 2.88. The molecule has 0 spiro atoms. The van der Waals surface area contributed by atoms with Crippen molar-refractivity contribution in [3.63, 3.8) is 0 Å². The highest BCUT2D eigenvalue weighted by molar-refractivity contribution is 6.53. The summed E-state index contributed by atoms with van der Waals surface area (Å²) in [4.78, 5) is 13.0. The standard InChI is InChI=1S/C10H12Cl2F3NO2/c1-7(4-9(7,11)12)6(17)16-3-2-8(18,5-16)10(13,14)15/h18H,2-5H2,1H3/t7-,8-/m1/s1. The number of amides is 1. The molecule has 1 N–H and O–H groups in total. The Bertz CT molecular complexity index is 401. The van der Waals surface area contributed by atoms with Crippen LogP contribution in [0.1, 0.15) is 19.8 Å². The van der Waals surface area contributed by atoms with Crippen LogP contribution in [0.25, 0.3) is 0 Å². The summed E-state index contributed by atoms with van der Waals surface area (Å²) in [5.74, 6) is -0.535. The Kier molecular flexibility index (Phi) is 2.90. The molecule has 1 amide bonds. The van der Waals surface area contributed by atoms with Gasteiger partial charge in [-0.1, -0.05) is 0 Å². The molecule has 8 heteroatoms. The van der Waals surface area contributed by atoms with Gasteiger partial charge in [0.1, 0.15) is 4.33 Å². The van der Waals surface area contributed by atoms with Gasteiger partial charge in [-0.2, -0.15) is 13.2 Å². The molecule has 0 radical (unpaired) electrons. The van der Waals surface area contributed by atoms with E-state index in [4.69, 9.17) is 23.2 Å². The average Bonchev–Trinajstić information content (AvgIpc) is 2.59. The van der Waals surface area contributed by atoms with E-state index in [9.17, 15) is 23.1 Å². The first-order valence-corrected chi connectivity index (χ1v) is 6.15. The maximum absolute atomic E-state index is 12.6. The van der Waals surface area contributed by atoms with E-state index in [2.05, 4.69) is 0 Å². The molecule has 1 saturated heterocycles. The van der Waals surface area contributed by atoms with Crippen LogP contribution in [0.15, 0.2) is 0 Å². The second-order valence-corrected chi connectivity index (χ2v) is 6.70. The normalized spacial score (nSPS) is 38.9. The van der Waals surface area contributed by atoms with E-state index < -0.39 is 40.4 Å². The minimum Gasteiger partial charge on any atom is -0.379 e. The van der Waals surface area contributed by atoms with Gasteiger partial charge in [-0.05, 0) is 13.3 Å². The number of carbonyl (C=O) groups is 1. The average molecular weight is 306 g/mol. The molecular weight excluding hydrogens is 294 g/mol. The van der Waals surface area contributed by atoms with E-state index in [1.165, 1.54) is 6.92 Å². The third-order valence-electron chi connectivity index (χ3n) is 3.79. The largest absolute Gasteiger partial charge is 0.419 e. The fraction of sp³-hybridized carbons (Fsp3) is 0.900. The van der Waals surface area contributed by atoms with Crippen LogP contribution in [0.2, 0.25) is 0 Å². The molecule has 1 heterocycles. The molecule has 2 atom stereocenters. The van der Waals surface area contributed by atoms with E-state index in [0.717, 1.165) is 4.90 Å². The summed E-state index contributed by atoms with van der Waals surface area (Å²) in [6, 6.07) is 0. The van der Waals surface area contributed by atoms with Crippen molar-refractivity contribution in [2.45, 2.75) is 35.9 Å². The Morgan fingerprint density at radius 2 is 1.89 bits per heavy atom. The van der Waals surface area contributed by atoms with Gasteiger partial charge in [-0.25, -0.2) is 0 Å². The lowest BCUT2D eigenvalue weighted by Gasteiger charge is -2.27. The Morgan fingerprint density at radius 3 is 2.22 bits per heavy atom. The zero-order valence-electron chi connectivity index (χ0n) is 9.52. The van der Waals surface area contributed by atoms with E-state index in [1.807, 2.05) is 0 Å². The van der Waals surface area contributed by atoms with Gasteiger partial charge in [0.25, 0.3) is 0 Å². The number of hydrogen-bond acceptors (Lipinski definition) is 2. The molecule has 2 rings (SSSR count). The number of rotatable bonds is 1. The van der Waals surface area contributed by atoms with Gasteiger partial charge in [-0.15, -0.1) is 23.2 Å². The molecule has 1 saturated carbocycles. The van der Waals surface area contributed by atoms with Crippen LogP contribution in [0.5, 0.6) is 0 Å². The first-order valence-electron chi connectivity index (χ1n) is 5.39. The van der Waals surface area contributed by atoms with Crippen molar-refractivity contribution in [2.24, 2.45) is 5.41 Å². The van der Waals surface area contributed by atoms with Gasteiger partial charge in [-0.3, -0.25) is 4.79 Å². The summed E-state index contributed by atoms with van der Waals surface area (Å²) >= 11 is 11.6. The van der Waals surface area contributed by atoms with Crippen LogP contribution in [0.3, 0.4) is 0 Å². The Hall–Kier alpha value is -0.200. The van der Waals surface area contributed by atoms with E-state index in [-0.39, 0.29) is 13.0 Å². The van der Waals surface area contributed by atoms with E-state index in [0.29, 0.717) is 0 Å². The summed E-state index contributed by atoms with van der Waals surface area (Å²) in [5, 5.41) is 9.48. The van der Waals surface area contributed by atoms with Crippen LogP contribution in [-0.4, -0.2) is 45.1 Å². The van der Waals surface area contributed by atoms with Gasteiger partial charge < -0.3 is 10.0 Å². The summed E-state index contributed by atoms with van der Waals surface area (Å²) in [5.41, 5.74) is -3.87. The maximum atomic E-state index is 12.6. The Labute approximate surface area is 112 Å². The van der Waals surface area contributed by atoms with Gasteiger partial charge >= 0.3 is 6.18 Å². The lowest BCUT2D eigenvalue weighted by molar-refractivity contribution is -0.253. The predicted octanol–water partition coefficient (Wildman–Crippen LogP) is 2.10. The third-order valence-corrected chi connectivity index (χ3v) is 4.89. The van der Waals surface area contributed by atoms with Crippen molar-refractivity contribution in [1.29, 1.82) is 0 Å². The van der Waals surface area contributed by atoms with Crippen molar-refractivity contribution >= 4 is 29.1 Å². The first-order chi connectivity index (χ1) is 7.93. The lowest BCUT2D eigenvalue weighted by Crippen LogP contribution is -2.49. The Balaban J connectivity index is 2.09. The molecule has 18 heavy (non-hydrogen) atoms. The third kappa shape index (κ3) is 1.89. The summed E-state index contributed by atoms with van der Waals surface area (Å²) in [6.45, 7) is 0.614. The SMILES string of the molecule is C[C@]1(C(=O)N2CC[C@](O)(C(F)(F)F)C2)CC1(Cl)Cl. The minimum atomic E-state index is -4.74.